The molecule has 1 aromatic carbocycles. The number of halogens is 1. The van der Waals surface area contributed by atoms with Gasteiger partial charge in [0.2, 0.25) is 5.91 Å². The van der Waals surface area contributed by atoms with Crippen molar-refractivity contribution in [2.24, 2.45) is 5.92 Å². The molecule has 1 saturated heterocycles. The number of piperazine rings is 1. The summed E-state index contributed by atoms with van der Waals surface area (Å²) in [6.07, 6.45) is 0. The van der Waals surface area contributed by atoms with Gasteiger partial charge in [0.1, 0.15) is 0 Å². The summed E-state index contributed by atoms with van der Waals surface area (Å²) in [6.45, 7) is 6.35. The van der Waals surface area contributed by atoms with E-state index in [1.165, 1.54) is 7.11 Å². The van der Waals surface area contributed by atoms with E-state index in [0.29, 0.717) is 31.9 Å². The fourth-order valence-corrected chi connectivity index (χ4v) is 2.43. The normalized spacial score (nSPS) is 15.7. The Bertz CT molecular complexity index is 483. The summed E-state index contributed by atoms with van der Waals surface area (Å²) in [6, 6.07) is 5.14. The summed E-state index contributed by atoms with van der Waals surface area (Å²) in [5, 5.41) is 0. The molecule has 5 heteroatoms. The van der Waals surface area contributed by atoms with E-state index in [0.717, 1.165) is 0 Å². The predicted octanol–water partition coefficient (Wildman–Crippen LogP) is 2.14. The number of carbonyl (C=O) groups excluding carboxylic acids is 1. The maximum absolute atomic E-state index is 14.2. The second-order valence-corrected chi connectivity index (χ2v) is 5.26. The molecule has 1 heterocycles. The Morgan fingerprint density at radius 3 is 2.45 bits per heavy atom. The van der Waals surface area contributed by atoms with E-state index in [4.69, 9.17) is 4.74 Å². The van der Waals surface area contributed by atoms with Crippen molar-refractivity contribution in [1.29, 1.82) is 0 Å². The van der Waals surface area contributed by atoms with Crippen LogP contribution in [0, 0.1) is 11.7 Å². The summed E-state index contributed by atoms with van der Waals surface area (Å²) in [5.41, 5.74) is 0.543. The maximum Gasteiger partial charge on any atom is 0.225 e. The number of hydrogen-bond donors (Lipinski definition) is 0. The molecule has 0 N–H and O–H groups in total. The molecule has 0 aliphatic carbocycles. The van der Waals surface area contributed by atoms with Crippen molar-refractivity contribution in [2.45, 2.75) is 13.8 Å². The van der Waals surface area contributed by atoms with Gasteiger partial charge in [0.15, 0.2) is 11.6 Å². The number of hydrogen-bond acceptors (Lipinski definition) is 3. The highest BCUT2D eigenvalue weighted by Crippen LogP contribution is 2.28. The molecule has 1 amide bonds. The van der Waals surface area contributed by atoms with E-state index in [1.54, 1.807) is 18.2 Å². The van der Waals surface area contributed by atoms with Crippen LogP contribution in [-0.2, 0) is 4.79 Å². The molecule has 1 aromatic rings. The van der Waals surface area contributed by atoms with E-state index in [1.807, 2.05) is 23.6 Å². The lowest BCUT2D eigenvalue weighted by atomic mass is 10.1. The molecule has 1 fully saturated rings. The second-order valence-electron chi connectivity index (χ2n) is 5.26. The first-order valence-electron chi connectivity index (χ1n) is 6.90. The third kappa shape index (κ3) is 2.86. The number of anilines is 1. The zero-order valence-electron chi connectivity index (χ0n) is 12.2. The third-order valence-electron chi connectivity index (χ3n) is 3.59. The Morgan fingerprint density at radius 2 is 1.90 bits per heavy atom. The smallest absolute Gasteiger partial charge is 0.225 e. The largest absolute Gasteiger partial charge is 0.494 e. The van der Waals surface area contributed by atoms with Gasteiger partial charge in [0, 0.05) is 32.1 Å². The van der Waals surface area contributed by atoms with E-state index >= 15 is 0 Å². The molecule has 4 nitrogen and oxygen atoms in total. The van der Waals surface area contributed by atoms with Crippen molar-refractivity contribution in [3.8, 4) is 5.75 Å². The van der Waals surface area contributed by atoms with Crippen molar-refractivity contribution < 1.29 is 13.9 Å². The first kappa shape index (κ1) is 14.6. The highest BCUT2D eigenvalue weighted by atomic mass is 19.1. The number of benzene rings is 1. The maximum atomic E-state index is 14.2. The van der Waals surface area contributed by atoms with Gasteiger partial charge in [-0.15, -0.1) is 0 Å². The highest BCUT2D eigenvalue weighted by molar-refractivity contribution is 5.78. The molecular weight excluding hydrogens is 259 g/mol. The van der Waals surface area contributed by atoms with Gasteiger partial charge in [0.25, 0.3) is 0 Å². The third-order valence-corrected chi connectivity index (χ3v) is 3.59. The molecule has 2 rings (SSSR count). The van der Waals surface area contributed by atoms with Crippen LogP contribution in [0.15, 0.2) is 18.2 Å². The molecule has 20 heavy (non-hydrogen) atoms. The van der Waals surface area contributed by atoms with Crippen LogP contribution in [0.1, 0.15) is 13.8 Å². The minimum absolute atomic E-state index is 0.00936. The van der Waals surface area contributed by atoms with Crippen LogP contribution in [0.25, 0.3) is 0 Å². The lowest BCUT2D eigenvalue weighted by molar-refractivity contribution is -0.134. The highest BCUT2D eigenvalue weighted by Gasteiger charge is 2.24. The first-order chi connectivity index (χ1) is 9.54. The van der Waals surface area contributed by atoms with Gasteiger partial charge in [-0.3, -0.25) is 4.79 Å². The number of amides is 1. The molecule has 1 aliphatic heterocycles. The van der Waals surface area contributed by atoms with Gasteiger partial charge in [-0.2, -0.15) is 0 Å². The van der Waals surface area contributed by atoms with Crippen LogP contribution < -0.4 is 9.64 Å². The van der Waals surface area contributed by atoms with Crippen LogP contribution in [0.5, 0.6) is 5.75 Å². The molecule has 0 unspecified atom stereocenters. The molecule has 0 bridgehead atoms. The lowest BCUT2D eigenvalue weighted by Gasteiger charge is -2.37. The van der Waals surface area contributed by atoms with E-state index in [-0.39, 0.29) is 23.4 Å². The van der Waals surface area contributed by atoms with Crippen LogP contribution >= 0.6 is 0 Å². The predicted molar refractivity (Wildman–Crippen MR) is 76.6 cm³/mol. The van der Waals surface area contributed by atoms with E-state index < -0.39 is 0 Å². The van der Waals surface area contributed by atoms with Crippen LogP contribution in [-0.4, -0.2) is 44.1 Å². The van der Waals surface area contributed by atoms with E-state index in [2.05, 4.69) is 0 Å². The number of rotatable bonds is 3. The molecule has 0 spiro atoms. The van der Waals surface area contributed by atoms with Gasteiger partial charge >= 0.3 is 0 Å². The Labute approximate surface area is 119 Å². The van der Waals surface area contributed by atoms with Crippen LogP contribution in [0.2, 0.25) is 0 Å². The van der Waals surface area contributed by atoms with Crippen LogP contribution in [0.3, 0.4) is 0 Å². The number of methoxy groups -OCH3 is 1. The minimum atomic E-state index is -0.335. The molecule has 0 atom stereocenters. The zero-order valence-corrected chi connectivity index (χ0v) is 12.2. The summed E-state index contributed by atoms with van der Waals surface area (Å²) >= 11 is 0. The topological polar surface area (TPSA) is 32.8 Å². The average Bonchev–Trinajstić information content (AvgIpc) is 2.47. The average molecular weight is 280 g/mol. The summed E-state index contributed by atoms with van der Waals surface area (Å²) < 4.78 is 19.2. The molecule has 0 aromatic heterocycles. The monoisotopic (exact) mass is 280 g/mol. The van der Waals surface area contributed by atoms with Gasteiger partial charge < -0.3 is 14.5 Å². The fourth-order valence-electron chi connectivity index (χ4n) is 2.43. The number of carbonyl (C=O) groups is 1. The summed E-state index contributed by atoms with van der Waals surface area (Å²) in [4.78, 5) is 15.7. The van der Waals surface area contributed by atoms with Crippen molar-refractivity contribution in [3.05, 3.63) is 24.0 Å². The minimum Gasteiger partial charge on any atom is -0.494 e. The first-order valence-corrected chi connectivity index (χ1v) is 6.90. The Hall–Kier alpha value is -1.78. The molecular formula is C15H21FN2O2. The molecule has 0 saturated carbocycles. The second kappa shape index (κ2) is 6.11. The van der Waals surface area contributed by atoms with Gasteiger partial charge in [-0.1, -0.05) is 19.9 Å². The number of nitrogens with zero attached hydrogens (tertiary/aromatic N) is 2. The zero-order chi connectivity index (χ0) is 14.7. The van der Waals surface area contributed by atoms with Crippen molar-refractivity contribution in [3.63, 3.8) is 0 Å². The molecule has 1 aliphatic rings. The van der Waals surface area contributed by atoms with Gasteiger partial charge in [-0.05, 0) is 12.1 Å². The Kier molecular flexibility index (Phi) is 4.47. The van der Waals surface area contributed by atoms with Crippen molar-refractivity contribution >= 4 is 11.6 Å². The standard InChI is InChI=1S/C15H21FN2O2/c1-11(2)15(19)18-9-7-17(8-10-18)12-5-4-6-13(20-3)14(12)16/h4-6,11H,7-10H2,1-3H3. The lowest BCUT2D eigenvalue weighted by Crippen LogP contribution is -2.50. The molecule has 0 radical (unpaired) electrons. The molecule has 110 valence electrons. The Balaban J connectivity index is 2.06. The fraction of sp³-hybridized carbons (Fsp3) is 0.533. The van der Waals surface area contributed by atoms with E-state index in [9.17, 15) is 9.18 Å². The quantitative estimate of drug-likeness (QED) is 0.850. The van der Waals surface area contributed by atoms with Crippen molar-refractivity contribution in [1.82, 2.24) is 4.90 Å². The summed E-state index contributed by atoms with van der Waals surface area (Å²) in [7, 11) is 1.46. The van der Waals surface area contributed by atoms with Gasteiger partial charge in [-0.25, -0.2) is 4.39 Å². The van der Waals surface area contributed by atoms with Crippen molar-refractivity contribution in [2.75, 3.05) is 38.2 Å². The number of ether oxygens (including phenoxy) is 1. The van der Waals surface area contributed by atoms with Crippen LogP contribution in [0.4, 0.5) is 10.1 Å². The van der Waals surface area contributed by atoms with Gasteiger partial charge in [0.05, 0.1) is 12.8 Å². The Morgan fingerprint density at radius 1 is 1.25 bits per heavy atom. The SMILES string of the molecule is COc1cccc(N2CCN(C(=O)C(C)C)CC2)c1F. The summed E-state index contributed by atoms with van der Waals surface area (Å²) in [5.74, 6) is 0.0905.